The van der Waals surface area contributed by atoms with Crippen LogP contribution in [0, 0.1) is 6.92 Å². The van der Waals surface area contributed by atoms with Gasteiger partial charge in [-0.2, -0.15) is 5.10 Å². The molecule has 0 aliphatic rings. The van der Waals surface area contributed by atoms with E-state index in [1.54, 1.807) is 35.8 Å². The number of aromatic nitrogens is 3. The Balaban J connectivity index is 1.40. The number of thiophene rings is 1. The molecule has 32 heavy (non-hydrogen) atoms. The Morgan fingerprint density at radius 2 is 1.97 bits per heavy atom. The maximum Gasteiger partial charge on any atom is 0.266 e. The Morgan fingerprint density at radius 1 is 1.16 bits per heavy atom. The molecule has 4 aromatic rings. The first-order valence-electron chi connectivity index (χ1n) is 10.0. The van der Waals surface area contributed by atoms with Crippen LogP contribution in [0.15, 0.2) is 58.7 Å². The lowest BCUT2D eigenvalue weighted by Crippen LogP contribution is -2.32. The number of nitrogens with zero attached hydrogens (tertiary/aromatic N) is 3. The van der Waals surface area contributed by atoms with E-state index in [-0.39, 0.29) is 24.4 Å². The quantitative estimate of drug-likeness (QED) is 0.427. The minimum absolute atomic E-state index is 0.113. The van der Waals surface area contributed by atoms with Crippen molar-refractivity contribution in [1.29, 1.82) is 0 Å². The summed E-state index contributed by atoms with van der Waals surface area (Å²) in [7, 11) is 1.60. The third kappa shape index (κ3) is 5.12. The van der Waals surface area contributed by atoms with Crippen LogP contribution in [0.25, 0.3) is 20.5 Å². The lowest BCUT2D eigenvalue weighted by atomic mass is 10.1. The van der Waals surface area contributed by atoms with E-state index in [9.17, 15) is 9.59 Å². The highest BCUT2D eigenvalue weighted by molar-refractivity contribution is 7.23. The van der Waals surface area contributed by atoms with Crippen LogP contribution < -0.4 is 15.6 Å². The van der Waals surface area contributed by atoms with Gasteiger partial charge in [-0.05, 0) is 42.1 Å². The second-order valence-corrected chi connectivity index (χ2v) is 9.01. The van der Waals surface area contributed by atoms with Crippen LogP contribution in [-0.2, 0) is 17.8 Å². The zero-order chi connectivity index (χ0) is 22.5. The summed E-state index contributed by atoms with van der Waals surface area (Å²) in [4.78, 5) is 31.2. The average molecular weight is 467 g/mol. The number of benzene rings is 1. The van der Waals surface area contributed by atoms with Gasteiger partial charge in [-0.15, -0.1) is 22.7 Å². The normalized spacial score (nSPS) is 10.8. The second-order valence-electron chi connectivity index (χ2n) is 7.07. The van der Waals surface area contributed by atoms with Crippen molar-refractivity contribution in [2.75, 3.05) is 13.7 Å². The fraction of sp³-hybridized carbons (Fsp3) is 0.217. The zero-order valence-electron chi connectivity index (χ0n) is 17.7. The van der Waals surface area contributed by atoms with Crippen LogP contribution in [0.2, 0.25) is 0 Å². The van der Waals surface area contributed by atoms with Crippen molar-refractivity contribution in [3.8, 4) is 26.2 Å². The molecule has 0 saturated carbocycles. The molecule has 0 radical (unpaired) electrons. The van der Waals surface area contributed by atoms with Gasteiger partial charge in [-0.25, -0.2) is 9.67 Å². The second kappa shape index (κ2) is 9.88. The van der Waals surface area contributed by atoms with Crippen molar-refractivity contribution in [1.82, 2.24) is 20.1 Å². The van der Waals surface area contributed by atoms with Crippen molar-refractivity contribution in [3.63, 3.8) is 0 Å². The molecule has 9 heteroatoms. The van der Waals surface area contributed by atoms with Crippen molar-refractivity contribution >= 4 is 28.6 Å². The van der Waals surface area contributed by atoms with E-state index in [4.69, 9.17) is 4.74 Å². The van der Waals surface area contributed by atoms with Gasteiger partial charge in [0.2, 0.25) is 5.91 Å². The molecular weight excluding hydrogens is 444 g/mol. The highest BCUT2D eigenvalue weighted by Gasteiger charge is 2.14. The number of methoxy groups -OCH3 is 1. The molecule has 3 heterocycles. The summed E-state index contributed by atoms with van der Waals surface area (Å²) in [6.07, 6.45) is 0.262. The number of hydrogen-bond donors (Lipinski definition) is 1. The SMILES string of the molecule is COc1ccc(CC(=O)NCCn2nc(-c3sc(-c4cccs4)nc3C)ccc2=O)cc1. The van der Waals surface area contributed by atoms with Crippen LogP contribution in [0.4, 0.5) is 0 Å². The fourth-order valence-electron chi connectivity index (χ4n) is 3.16. The molecule has 0 atom stereocenters. The van der Waals surface area contributed by atoms with Crippen LogP contribution in [0.5, 0.6) is 5.75 Å². The van der Waals surface area contributed by atoms with E-state index < -0.39 is 0 Å². The number of carbonyl (C=O) groups excluding carboxylic acids is 1. The Labute approximate surface area is 193 Å². The first-order valence-corrected chi connectivity index (χ1v) is 11.7. The number of amides is 1. The topological polar surface area (TPSA) is 86.1 Å². The lowest BCUT2D eigenvalue weighted by molar-refractivity contribution is -0.120. The maximum absolute atomic E-state index is 12.3. The molecule has 164 valence electrons. The number of thiazole rings is 1. The molecule has 3 aromatic heterocycles. The first-order chi connectivity index (χ1) is 15.5. The molecule has 0 fully saturated rings. The van der Waals surface area contributed by atoms with Crippen LogP contribution in [-0.4, -0.2) is 34.3 Å². The average Bonchev–Trinajstić information content (AvgIpc) is 3.45. The number of ether oxygens (including phenoxy) is 1. The first kappa shape index (κ1) is 21.9. The summed E-state index contributed by atoms with van der Waals surface area (Å²) < 4.78 is 6.51. The predicted octanol–water partition coefficient (Wildman–Crippen LogP) is 3.77. The Hall–Kier alpha value is -3.30. The minimum atomic E-state index is -0.209. The van der Waals surface area contributed by atoms with Gasteiger partial charge in [0.15, 0.2) is 0 Å². The number of hydrogen-bond acceptors (Lipinski definition) is 7. The number of carbonyl (C=O) groups is 1. The lowest BCUT2D eigenvalue weighted by Gasteiger charge is -2.08. The van der Waals surface area contributed by atoms with Crippen LogP contribution in [0.3, 0.4) is 0 Å². The van der Waals surface area contributed by atoms with Crippen molar-refractivity contribution in [2.45, 2.75) is 19.9 Å². The molecule has 1 aromatic carbocycles. The molecule has 1 N–H and O–H groups in total. The predicted molar refractivity (Wildman–Crippen MR) is 127 cm³/mol. The molecule has 0 bridgehead atoms. The van der Waals surface area contributed by atoms with Crippen LogP contribution >= 0.6 is 22.7 Å². The van der Waals surface area contributed by atoms with E-state index in [0.29, 0.717) is 12.2 Å². The summed E-state index contributed by atoms with van der Waals surface area (Å²) >= 11 is 3.20. The summed E-state index contributed by atoms with van der Waals surface area (Å²) in [5.74, 6) is 0.636. The smallest absolute Gasteiger partial charge is 0.266 e. The van der Waals surface area contributed by atoms with Gasteiger partial charge in [0.05, 0.1) is 35.5 Å². The molecule has 0 aliphatic carbocycles. The maximum atomic E-state index is 12.3. The minimum Gasteiger partial charge on any atom is -0.497 e. The van der Waals surface area contributed by atoms with Gasteiger partial charge >= 0.3 is 0 Å². The summed E-state index contributed by atoms with van der Waals surface area (Å²) in [6, 6.07) is 14.6. The van der Waals surface area contributed by atoms with E-state index in [0.717, 1.165) is 31.8 Å². The van der Waals surface area contributed by atoms with Gasteiger partial charge in [-0.3, -0.25) is 9.59 Å². The van der Waals surface area contributed by atoms with Crippen LogP contribution in [0.1, 0.15) is 11.3 Å². The summed E-state index contributed by atoms with van der Waals surface area (Å²) in [5.41, 5.74) is 2.26. The van der Waals surface area contributed by atoms with E-state index >= 15 is 0 Å². The van der Waals surface area contributed by atoms with Gasteiger partial charge in [0.1, 0.15) is 16.5 Å². The third-order valence-corrected chi connectivity index (χ3v) is 7.02. The van der Waals surface area contributed by atoms with Crippen molar-refractivity contribution < 1.29 is 9.53 Å². The Bertz CT molecular complexity index is 1260. The largest absolute Gasteiger partial charge is 0.497 e. The Kier molecular flexibility index (Phi) is 6.77. The zero-order valence-corrected chi connectivity index (χ0v) is 19.3. The molecule has 0 unspecified atom stereocenters. The number of aryl methyl sites for hydroxylation is 1. The van der Waals surface area contributed by atoms with Crippen molar-refractivity contribution in [3.05, 3.63) is 75.5 Å². The van der Waals surface area contributed by atoms with Gasteiger partial charge in [0.25, 0.3) is 5.56 Å². The Morgan fingerprint density at radius 3 is 2.69 bits per heavy atom. The fourth-order valence-corrected chi connectivity index (χ4v) is 4.99. The van der Waals surface area contributed by atoms with Gasteiger partial charge < -0.3 is 10.1 Å². The summed E-state index contributed by atoms with van der Waals surface area (Å²) in [5, 5.41) is 10.3. The van der Waals surface area contributed by atoms with Crippen molar-refractivity contribution in [2.24, 2.45) is 0 Å². The number of nitrogens with one attached hydrogen (secondary N) is 1. The molecule has 0 aliphatic heterocycles. The third-order valence-electron chi connectivity index (χ3n) is 4.80. The molecule has 7 nitrogen and oxygen atoms in total. The van der Waals surface area contributed by atoms with E-state index in [1.165, 1.54) is 10.7 Å². The molecule has 0 spiro atoms. The highest BCUT2D eigenvalue weighted by atomic mass is 32.1. The molecule has 0 saturated heterocycles. The van der Waals surface area contributed by atoms with Gasteiger partial charge in [0, 0.05) is 12.6 Å². The van der Waals surface area contributed by atoms with Gasteiger partial charge in [-0.1, -0.05) is 18.2 Å². The molecule has 1 amide bonds. The highest BCUT2D eigenvalue weighted by Crippen LogP contribution is 2.35. The monoisotopic (exact) mass is 466 g/mol. The van der Waals surface area contributed by atoms with E-state index in [1.807, 2.05) is 48.7 Å². The standard InChI is InChI=1S/C23H22N4O3S2/c1-15-22(32-23(25-15)19-4-3-13-31-19)18-9-10-21(29)27(26-18)12-11-24-20(28)14-16-5-7-17(30-2)8-6-16/h3-10,13H,11-12,14H2,1-2H3,(H,24,28). The molecule has 4 rings (SSSR count). The molecular formula is C23H22N4O3S2. The number of rotatable bonds is 8. The summed E-state index contributed by atoms with van der Waals surface area (Å²) in [6.45, 7) is 2.55. The van der Waals surface area contributed by atoms with E-state index in [2.05, 4.69) is 15.4 Å².